The molecule has 2 N–H and O–H groups in total. The molecule has 0 saturated carbocycles. The SMILES string of the molecule is CC1(C)OCC(CNC2CCc3c(O)cccc32)O1. The zero-order valence-electron chi connectivity index (χ0n) is 11.5. The fourth-order valence-electron chi connectivity index (χ4n) is 2.98. The monoisotopic (exact) mass is 263 g/mol. The Hall–Kier alpha value is -1.10. The van der Waals surface area contributed by atoms with Crippen molar-refractivity contribution in [2.45, 2.75) is 44.6 Å². The number of hydrogen-bond acceptors (Lipinski definition) is 4. The lowest BCUT2D eigenvalue weighted by atomic mass is 10.1. The highest BCUT2D eigenvalue weighted by Crippen LogP contribution is 2.36. The summed E-state index contributed by atoms with van der Waals surface area (Å²) in [5.41, 5.74) is 2.31. The van der Waals surface area contributed by atoms with Gasteiger partial charge in [0.05, 0.1) is 12.7 Å². The molecule has 4 heteroatoms. The van der Waals surface area contributed by atoms with Crippen LogP contribution >= 0.6 is 0 Å². The Bertz CT molecular complexity index is 472. The zero-order valence-corrected chi connectivity index (χ0v) is 11.5. The molecule has 2 aliphatic rings. The summed E-state index contributed by atoms with van der Waals surface area (Å²) in [6.45, 7) is 5.30. The number of benzene rings is 1. The molecule has 19 heavy (non-hydrogen) atoms. The minimum atomic E-state index is -0.460. The average Bonchev–Trinajstić information content (AvgIpc) is 2.91. The van der Waals surface area contributed by atoms with Crippen LogP contribution in [-0.2, 0) is 15.9 Å². The molecule has 2 atom stereocenters. The molecular formula is C15H21NO3. The second-order valence-corrected chi connectivity index (χ2v) is 5.80. The molecule has 1 aromatic carbocycles. The van der Waals surface area contributed by atoms with Gasteiger partial charge in [0, 0.05) is 12.6 Å². The van der Waals surface area contributed by atoms with Crippen molar-refractivity contribution in [3.63, 3.8) is 0 Å². The molecule has 4 nitrogen and oxygen atoms in total. The predicted octanol–water partition coefficient (Wildman–Crippen LogP) is 2.12. The van der Waals surface area contributed by atoms with Gasteiger partial charge in [0.25, 0.3) is 0 Å². The Kier molecular flexibility index (Phi) is 3.25. The zero-order chi connectivity index (χ0) is 13.5. The van der Waals surface area contributed by atoms with Crippen LogP contribution in [0, 0.1) is 0 Å². The lowest BCUT2D eigenvalue weighted by molar-refractivity contribution is -0.137. The summed E-state index contributed by atoms with van der Waals surface area (Å²) in [6.07, 6.45) is 2.08. The van der Waals surface area contributed by atoms with Crippen molar-refractivity contribution >= 4 is 0 Å². The fourth-order valence-corrected chi connectivity index (χ4v) is 2.98. The second-order valence-electron chi connectivity index (χ2n) is 5.80. The normalized spacial score (nSPS) is 28.5. The molecule has 0 aromatic heterocycles. The van der Waals surface area contributed by atoms with Crippen LogP contribution in [0.25, 0.3) is 0 Å². The van der Waals surface area contributed by atoms with Gasteiger partial charge in [-0.3, -0.25) is 0 Å². The minimum Gasteiger partial charge on any atom is -0.508 e. The Morgan fingerprint density at radius 2 is 2.26 bits per heavy atom. The molecule has 1 aromatic rings. The molecule has 1 saturated heterocycles. The number of ether oxygens (including phenoxy) is 2. The average molecular weight is 263 g/mol. The maximum Gasteiger partial charge on any atom is 0.163 e. The van der Waals surface area contributed by atoms with Crippen LogP contribution in [0.5, 0.6) is 5.75 Å². The molecule has 1 aliphatic carbocycles. The van der Waals surface area contributed by atoms with Gasteiger partial charge in [0.15, 0.2) is 5.79 Å². The quantitative estimate of drug-likeness (QED) is 0.877. The van der Waals surface area contributed by atoms with Crippen molar-refractivity contribution < 1.29 is 14.6 Å². The van der Waals surface area contributed by atoms with Gasteiger partial charge >= 0.3 is 0 Å². The Balaban J connectivity index is 1.60. The smallest absolute Gasteiger partial charge is 0.163 e. The minimum absolute atomic E-state index is 0.108. The van der Waals surface area contributed by atoms with Gasteiger partial charge < -0.3 is 19.9 Å². The first kappa shape index (κ1) is 12.9. The van der Waals surface area contributed by atoms with E-state index in [1.807, 2.05) is 19.9 Å². The van der Waals surface area contributed by atoms with E-state index in [-0.39, 0.29) is 6.10 Å². The predicted molar refractivity (Wildman–Crippen MR) is 72.1 cm³/mol. The summed E-state index contributed by atoms with van der Waals surface area (Å²) in [6, 6.07) is 6.08. The lowest BCUT2D eigenvalue weighted by Crippen LogP contribution is -2.32. The molecule has 1 fully saturated rings. The van der Waals surface area contributed by atoms with Crippen molar-refractivity contribution in [3.05, 3.63) is 29.3 Å². The fraction of sp³-hybridized carbons (Fsp3) is 0.600. The van der Waals surface area contributed by atoms with Gasteiger partial charge in [0.1, 0.15) is 5.75 Å². The molecule has 0 amide bonds. The van der Waals surface area contributed by atoms with E-state index in [4.69, 9.17) is 9.47 Å². The van der Waals surface area contributed by atoms with Crippen LogP contribution in [0.3, 0.4) is 0 Å². The van der Waals surface area contributed by atoms with Crippen molar-refractivity contribution in [2.75, 3.05) is 13.2 Å². The van der Waals surface area contributed by atoms with Crippen molar-refractivity contribution in [2.24, 2.45) is 0 Å². The highest BCUT2D eigenvalue weighted by molar-refractivity contribution is 5.44. The number of rotatable bonds is 3. The van der Waals surface area contributed by atoms with E-state index in [9.17, 15) is 5.11 Å². The molecule has 0 spiro atoms. The van der Waals surface area contributed by atoms with Crippen molar-refractivity contribution in [1.29, 1.82) is 0 Å². The summed E-state index contributed by atoms with van der Waals surface area (Å²) in [5.74, 6) is -0.0403. The summed E-state index contributed by atoms with van der Waals surface area (Å²) in [7, 11) is 0. The van der Waals surface area contributed by atoms with E-state index in [1.165, 1.54) is 5.56 Å². The molecular weight excluding hydrogens is 242 g/mol. The summed E-state index contributed by atoms with van der Waals surface area (Å²) in [5, 5.41) is 13.4. The lowest BCUT2D eigenvalue weighted by Gasteiger charge is -2.19. The van der Waals surface area contributed by atoms with Crippen LogP contribution in [0.2, 0.25) is 0 Å². The second kappa shape index (κ2) is 4.78. The topological polar surface area (TPSA) is 50.7 Å². The maximum absolute atomic E-state index is 9.83. The standard InChI is InChI=1S/C15H21NO3/c1-15(2)18-9-10(19-15)8-16-13-7-6-12-11(13)4-3-5-14(12)17/h3-5,10,13,16-17H,6-9H2,1-2H3. The third kappa shape index (κ3) is 2.61. The Morgan fingerprint density at radius 3 is 3.00 bits per heavy atom. The first-order chi connectivity index (χ1) is 9.05. The van der Waals surface area contributed by atoms with Gasteiger partial charge in [-0.25, -0.2) is 0 Å². The number of phenolic OH excluding ortho intramolecular Hbond substituents is 1. The van der Waals surface area contributed by atoms with Gasteiger partial charge in [-0.15, -0.1) is 0 Å². The van der Waals surface area contributed by atoms with E-state index in [0.29, 0.717) is 18.4 Å². The molecule has 2 unspecified atom stereocenters. The highest BCUT2D eigenvalue weighted by atomic mass is 16.7. The molecule has 104 valence electrons. The molecule has 3 rings (SSSR count). The van der Waals surface area contributed by atoms with Crippen molar-refractivity contribution in [1.82, 2.24) is 5.32 Å². The third-order valence-electron chi connectivity index (χ3n) is 3.91. The third-order valence-corrected chi connectivity index (χ3v) is 3.91. The van der Waals surface area contributed by atoms with Gasteiger partial charge in [-0.2, -0.15) is 0 Å². The number of fused-ring (bicyclic) bond motifs is 1. The number of aromatic hydroxyl groups is 1. The van der Waals surface area contributed by atoms with Gasteiger partial charge in [-0.1, -0.05) is 12.1 Å². The summed E-state index contributed by atoms with van der Waals surface area (Å²) in [4.78, 5) is 0. The number of hydrogen-bond donors (Lipinski definition) is 2. The Labute approximate surface area is 113 Å². The highest BCUT2D eigenvalue weighted by Gasteiger charge is 2.33. The van der Waals surface area contributed by atoms with E-state index in [0.717, 1.165) is 24.9 Å². The number of nitrogens with one attached hydrogen (secondary N) is 1. The summed E-state index contributed by atoms with van der Waals surface area (Å²) < 4.78 is 11.3. The summed E-state index contributed by atoms with van der Waals surface area (Å²) >= 11 is 0. The molecule has 0 radical (unpaired) electrons. The molecule has 0 bridgehead atoms. The van der Waals surface area contributed by atoms with E-state index in [1.54, 1.807) is 6.07 Å². The number of phenols is 1. The van der Waals surface area contributed by atoms with Crippen LogP contribution in [0.4, 0.5) is 0 Å². The van der Waals surface area contributed by atoms with Crippen molar-refractivity contribution in [3.8, 4) is 5.75 Å². The van der Waals surface area contributed by atoms with E-state index < -0.39 is 5.79 Å². The van der Waals surface area contributed by atoms with Crippen LogP contribution < -0.4 is 5.32 Å². The van der Waals surface area contributed by atoms with E-state index >= 15 is 0 Å². The molecule has 1 aliphatic heterocycles. The maximum atomic E-state index is 9.83. The first-order valence-electron chi connectivity index (χ1n) is 6.91. The van der Waals surface area contributed by atoms with Gasteiger partial charge in [-0.05, 0) is 43.9 Å². The molecule has 1 heterocycles. The largest absolute Gasteiger partial charge is 0.508 e. The first-order valence-corrected chi connectivity index (χ1v) is 6.91. The van der Waals surface area contributed by atoms with Crippen LogP contribution in [-0.4, -0.2) is 30.1 Å². The van der Waals surface area contributed by atoms with Crippen LogP contribution in [0.15, 0.2) is 18.2 Å². The van der Waals surface area contributed by atoms with Crippen LogP contribution in [0.1, 0.15) is 37.4 Å². The Morgan fingerprint density at radius 1 is 1.42 bits per heavy atom. The van der Waals surface area contributed by atoms with Gasteiger partial charge in [0.2, 0.25) is 0 Å². The van der Waals surface area contributed by atoms with E-state index in [2.05, 4.69) is 11.4 Å².